The summed E-state index contributed by atoms with van der Waals surface area (Å²) in [7, 11) is 1.73. The smallest absolute Gasteiger partial charge is 0.131 e. The molecule has 1 aromatic carbocycles. The fourth-order valence-corrected chi connectivity index (χ4v) is 1.95. The van der Waals surface area contributed by atoms with Crippen molar-refractivity contribution >= 4 is 0 Å². The lowest BCUT2D eigenvalue weighted by atomic mass is 9.98. The molecule has 1 aromatic heterocycles. The quantitative estimate of drug-likeness (QED) is 0.903. The zero-order chi connectivity index (χ0) is 13.1. The van der Waals surface area contributed by atoms with Gasteiger partial charge in [-0.1, -0.05) is 6.07 Å². The third-order valence-electron chi connectivity index (χ3n) is 2.90. The minimum Gasteiger partial charge on any atom is -0.309 e. The largest absolute Gasteiger partial charge is 0.309 e. The SMILES string of the molecule is CNC(c1cccnc1)c1cc(C)c(F)cc1F. The van der Waals surface area contributed by atoms with Gasteiger partial charge in [0.15, 0.2) is 0 Å². The van der Waals surface area contributed by atoms with Crippen molar-refractivity contribution in [2.75, 3.05) is 7.05 Å². The number of hydrogen-bond donors (Lipinski definition) is 1. The number of nitrogens with zero attached hydrogens (tertiary/aromatic N) is 1. The second-order valence-corrected chi connectivity index (χ2v) is 4.13. The topological polar surface area (TPSA) is 24.9 Å². The Kier molecular flexibility index (Phi) is 3.67. The van der Waals surface area contributed by atoms with Crippen molar-refractivity contribution in [2.24, 2.45) is 0 Å². The maximum absolute atomic E-state index is 13.9. The molecule has 2 aromatic rings. The molecule has 1 heterocycles. The molecule has 94 valence electrons. The first-order chi connectivity index (χ1) is 8.63. The summed E-state index contributed by atoms with van der Waals surface area (Å²) in [4.78, 5) is 4.01. The number of pyridine rings is 1. The average molecular weight is 248 g/mol. The Labute approximate surface area is 105 Å². The second-order valence-electron chi connectivity index (χ2n) is 4.13. The summed E-state index contributed by atoms with van der Waals surface area (Å²) >= 11 is 0. The lowest BCUT2D eigenvalue weighted by Gasteiger charge is -2.18. The zero-order valence-electron chi connectivity index (χ0n) is 10.2. The van der Waals surface area contributed by atoms with Gasteiger partial charge in [-0.3, -0.25) is 4.98 Å². The summed E-state index contributed by atoms with van der Waals surface area (Å²) in [6.45, 7) is 1.62. The van der Waals surface area contributed by atoms with E-state index in [1.54, 1.807) is 32.4 Å². The number of rotatable bonds is 3. The predicted octanol–water partition coefficient (Wildman–Crippen LogP) is 2.98. The first-order valence-corrected chi connectivity index (χ1v) is 5.66. The highest BCUT2D eigenvalue weighted by atomic mass is 19.1. The summed E-state index contributed by atoms with van der Waals surface area (Å²) in [6, 6.07) is 5.75. The molecule has 0 aliphatic heterocycles. The van der Waals surface area contributed by atoms with Crippen LogP contribution in [0.2, 0.25) is 0 Å². The van der Waals surface area contributed by atoms with Crippen LogP contribution in [0.4, 0.5) is 8.78 Å². The number of halogens is 2. The lowest BCUT2D eigenvalue weighted by Crippen LogP contribution is -2.19. The van der Waals surface area contributed by atoms with E-state index >= 15 is 0 Å². The molecule has 0 radical (unpaired) electrons. The normalized spacial score (nSPS) is 12.4. The molecule has 0 aliphatic rings. The molecule has 0 saturated heterocycles. The number of benzene rings is 1. The van der Waals surface area contributed by atoms with Crippen molar-refractivity contribution < 1.29 is 8.78 Å². The average Bonchev–Trinajstić information content (AvgIpc) is 2.38. The minimum atomic E-state index is -0.554. The fourth-order valence-electron chi connectivity index (χ4n) is 1.95. The zero-order valence-corrected chi connectivity index (χ0v) is 10.2. The predicted molar refractivity (Wildman–Crippen MR) is 66.2 cm³/mol. The van der Waals surface area contributed by atoms with Crippen molar-refractivity contribution in [3.05, 3.63) is 65.0 Å². The van der Waals surface area contributed by atoms with Crippen LogP contribution < -0.4 is 5.32 Å². The van der Waals surface area contributed by atoms with Crippen molar-refractivity contribution in [3.63, 3.8) is 0 Å². The maximum Gasteiger partial charge on any atom is 0.131 e. The van der Waals surface area contributed by atoms with Crippen LogP contribution in [0.1, 0.15) is 22.7 Å². The summed E-state index contributed by atoms with van der Waals surface area (Å²) in [5.74, 6) is -1.08. The molecular formula is C14H14F2N2. The molecular weight excluding hydrogens is 234 g/mol. The van der Waals surface area contributed by atoms with Gasteiger partial charge < -0.3 is 5.32 Å². The van der Waals surface area contributed by atoms with E-state index in [2.05, 4.69) is 10.3 Å². The van der Waals surface area contributed by atoms with E-state index in [9.17, 15) is 8.78 Å². The molecule has 18 heavy (non-hydrogen) atoms. The fraction of sp³-hybridized carbons (Fsp3) is 0.214. The third kappa shape index (κ3) is 2.38. The lowest BCUT2D eigenvalue weighted by molar-refractivity contribution is 0.547. The molecule has 1 atom stereocenters. The van der Waals surface area contributed by atoms with E-state index in [4.69, 9.17) is 0 Å². The van der Waals surface area contributed by atoms with Crippen LogP contribution in [0.15, 0.2) is 36.7 Å². The Morgan fingerprint density at radius 2 is 2.00 bits per heavy atom. The summed E-state index contributed by atoms with van der Waals surface area (Å²) < 4.78 is 27.1. The van der Waals surface area contributed by atoms with Gasteiger partial charge in [0.25, 0.3) is 0 Å². The van der Waals surface area contributed by atoms with Crippen molar-refractivity contribution in [1.29, 1.82) is 0 Å². The van der Waals surface area contributed by atoms with Gasteiger partial charge in [0, 0.05) is 24.0 Å². The van der Waals surface area contributed by atoms with Crippen LogP contribution in [-0.4, -0.2) is 12.0 Å². The maximum atomic E-state index is 13.9. The Morgan fingerprint density at radius 1 is 1.22 bits per heavy atom. The molecule has 0 bridgehead atoms. The van der Waals surface area contributed by atoms with Crippen LogP contribution in [0.5, 0.6) is 0 Å². The van der Waals surface area contributed by atoms with Crippen LogP contribution in [0, 0.1) is 18.6 Å². The highest BCUT2D eigenvalue weighted by Gasteiger charge is 2.18. The number of nitrogens with one attached hydrogen (secondary N) is 1. The number of hydrogen-bond acceptors (Lipinski definition) is 2. The monoisotopic (exact) mass is 248 g/mol. The molecule has 0 amide bonds. The van der Waals surface area contributed by atoms with E-state index in [0.29, 0.717) is 11.1 Å². The standard InChI is InChI=1S/C14H14F2N2/c1-9-6-11(13(16)7-12(9)15)14(17-2)10-4-3-5-18-8-10/h3-8,14,17H,1-2H3. The second kappa shape index (κ2) is 5.23. The highest BCUT2D eigenvalue weighted by Crippen LogP contribution is 2.25. The van der Waals surface area contributed by atoms with E-state index in [1.807, 2.05) is 6.07 Å². The van der Waals surface area contributed by atoms with Gasteiger partial charge >= 0.3 is 0 Å². The van der Waals surface area contributed by atoms with E-state index < -0.39 is 11.6 Å². The van der Waals surface area contributed by atoms with Crippen molar-refractivity contribution in [3.8, 4) is 0 Å². The van der Waals surface area contributed by atoms with Crippen LogP contribution in [-0.2, 0) is 0 Å². The van der Waals surface area contributed by atoms with Crippen LogP contribution in [0.25, 0.3) is 0 Å². The van der Waals surface area contributed by atoms with Gasteiger partial charge in [-0.25, -0.2) is 8.78 Å². The highest BCUT2D eigenvalue weighted by molar-refractivity contribution is 5.34. The number of aryl methyl sites for hydroxylation is 1. The molecule has 1 N–H and O–H groups in total. The molecule has 0 fully saturated rings. The van der Waals surface area contributed by atoms with E-state index in [-0.39, 0.29) is 6.04 Å². The summed E-state index contributed by atoms with van der Waals surface area (Å²) in [6.07, 6.45) is 3.32. The van der Waals surface area contributed by atoms with Gasteiger partial charge in [0.1, 0.15) is 11.6 Å². The first-order valence-electron chi connectivity index (χ1n) is 5.66. The van der Waals surface area contributed by atoms with E-state index in [0.717, 1.165) is 11.6 Å². The Bertz CT molecular complexity index is 541. The Balaban J connectivity index is 2.49. The Morgan fingerprint density at radius 3 is 2.61 bits per heavy atom. The summed E-state index contributed by atoms with van der Waals surface area (Å²) in [5.41, 5.74) is 1.69. The molecule has 2 rings (SSSR count). The third-order valence-corrected chi connectivity index (χ3v) is 2.90. The minimum absolute atomic E-state index is 0.335. The number of aromatic nitrogens is 1. The van der Waals surface area contributed by atoms with Gasteiger partial charge in [-0.2, -0.15) is 0 Å². The van der Waals surface area contributed by atoms with Gasteiger partial charge in [0.2, 0.25) is 0 Å². The van der Waals surface area contributed by atoms with Crippen molar-refractivity contribution in [2.45, 2.75) is 13.0 Å². The van der Waals surface area contributed by atoms with Crippen LogP contribution in [0.3, 0.4) is 0 Å². The molecule has 0 spiro atoms. The van der Waals surface area contributed by atoms with Gasteiger partial charge in [-0.05, 0) is 37.2 Å². The molecule has 0 saturated carbocycles. The first kappa shape index (κ1) is 12.6. The molecule has 0 aliphatic carbocycles. The van der Waals surface area contributed by atoms with Crippen LogP contribution >= 0.6 is 0 Å². The summed E-state index contributed by atoms with van der Waals surface area (Å²) in [5, 5.41) is 3.02. The van der Waals surface area contributed by atoms with E-state index in [1.165, 1.54) is 6.07 Å². The Hall–Kier alpha value is -1.81. The molecule has 4 heteroatoms. The molecule has 1 unspecified atom stereocenters. The molecule has 2 nitrogen and oxygen atoms in total. The van der Waals surface area contributed by atoms with Gasteiger partial charge in [-0.15, -0.1) is 0 Å². The van der Waals surface area contributed by atoms with Crippen molar-refractivity contribution in [1.82, 2.24) is 10.3 Å². The van der Waals surface area contributed by atoms with Gasteiger partial charge in [0.05, 0.1) is 6.04 Å².